The Balaban J connectivity index is 2.20. The summed E-state index contributed by atoms with van der Waals surface area (Å²) in [7, 11) is -4.30. The number of rotatable bonds is 6. The first kappa shape index (κ1) is 21.5. The largest absolute Gasteiger partial charge is 0.490 e. The van der Waals surface area contributed by atoms with Crippen LogP contribution in [0.4, 0.5) is 8.78 Å². The highest BCUT2D eigenvalue weighted by Crippen LogP contribution is 2.47. The van der Waals surface area contributed by atoms with E-state index >= 15 is 0 Å². The molecular formula is C19H16ClF2NO5S. The van der Waals surface area contributed by atoms with Crippen LogP contribution in [0.15, 0.2) is 41.3 Å². The van der Waals surface area contributed by atoms with Crippen LogP contribution in [0.1, 0.15) is 10.8 Å². The molecule has 0 radical (unpaired) electrons. The Labute approximate surface area is 171 Å². The summed E-state index contributed by atoms with van der Waals surface area (Å²) in [5.74, 6) is -3.58. The van der Waals surface area contributed by atoms with Crippen molar-refractivity contribution in [3.8, 4) is 11.8 Å². The third-order valence-electron chi connectivity index (χ3n) is 4.57. The van der Waals surface area contributed by atoms with Gasteiger partial charge in [0, 0.05) is 5.02 Å². The van der Waals surface area contributed by atoms with E-state index in [-0.39, 0.29) is 11.5 Å². The predicted molar refractivity (Wildman–Crippen MR) is 99.2 cm³/mol. The number of aliphatic hydroxyl groups is 1. The van der Waals surface area contributed by atoms with Gasteiger partial charge in [-0.15, -0.1) is 0 Å². The van der Waals surface area contributed by atoms with Gasteiger partial charge in [0.05, 0.1) is 42.3 Å². The van der Waals surface area contributed by atoms with Gasteiger partial charge in [0.25, 0.3) is 0 Å². The first-order valence-corrected chi connectivity index (χ1v) is 10.5. The van der Waals surface area contributed by atoms with Crippen LogP contribution in [0.3, 0.4) is 0 Å². The summed E-state index contributed by atoms with van der Waals surface area (Å²) in [5.41, 5.74) is -0.496. The minimum absolute atomic E-state index is 0.174. The Bertz CT molecular complexity index is 1040. The van der Waals surface area contributed by atoms with Crippen molar-refractivity contribution in [2.75, 3.05) is 19.8 Å². The molecule has 6 nitrogen and oxygen atoms in total. The van der Waals surface area contributed by atoms with Crippen LogP contribution >= 0.6 is 11.6 Å². The average Bonchev–Trinajstić information content (AvgIpc) is 2.71. The van der Waals surface area contributed by atoms with Gasteiger partial charge in [0.15, 0.2) is 27.5 Å². The van der Waals surface area contributed by atoms with Crippen LogP contribution in [0.5, 0.6) is 5.75 Å². The molecule has 3 atom stereocenters. The molecule has 10 heteroatoms. The molecule has 2 aromatic carbocycles. The van der Waals surface area contributed by atoms with Crippen molar-refractivity contribution in [3.63, 3.8) is 0 Å². The van der Waals surface area contributed by atoms with Gasteiger partial charge < -0.3 is 14.6 Å². The van der Waals surface area contributed by atoms with Crippen LogP contribution in [-0.2, 0) is 14.6 Å². The van der Waals surface area contributed by atoms with Crippen molar-refractivity contribution in [2.45, 2.75) is 16.2 Å². The van der Waals surface area contributed by atoms with E-state index in [0.29, 0.717) is 5.02 Å². The summed E-state index contributed by atoms with van der Waals surface area (Å²) in [6.07, 6.45) is -1.34. The van der Waals surface area contributed by atoms with Crippen LogP contribution in [0.25, 0.3) is 0 Å². The number of ether oxygens (including phenoxy) is 2. The van der Waals surface area contributed by atoms with Gasteiger partial charge in [-0.1, -0.05) is 11.6 Å². The predicted octanol–water partition coefficient (Wildman–Crippen LogP) is 3.04. The first-order valence-electron chi connectivity index (χ1n) is 8.53. The quantitative estimate of drug-likeness (QED) is 0.737. The van der Waals surface area contributed by atoms with Crippen molar-refractivity contribution in [2.24, 2.45) is 5.92 Å². The molecule has 29 heavy (non-hydrogen) atoms. The molecule has 0 saturated heterocycles. The standard InChI is InChI=1S/C19H16ClF2NO5S/c20-11-1-3-12(4-2-11)29(25,26)19-13(16(9-23)27-8-7-24)10-28-18-15(22)6-5-14(21)17(18)19/h1-6,13,16,19,24H,7-8,10H2/t13-,16-,19-/m0/s1. The maximum absolute atomic E-state index is 14.7. The van der Waals surface area contributed by atoms with Crippen LogP contribution in [0.2, 0.25) is 5.02 Å². The molecule has 1 heterocycles. The van der Waals surface area contributed by atoms with E-state index in [9.17, 15) is 22.5 Å². The van der Waals surface area contributed by atoms with Gasteiger partial charge in [-0.3, -0.25) is 0 Å². The normalized spacial score (nSPS) is 19.7. The van der Waals surface area contributed by atoms with E-state index in [1.807, 2.05) is 6.07 Å². The van der Waals surface area contributed by atoms with E-state index in [1.165, 1.54) is 24.3 Å². The van der Waals surface area contributed by atoms with E-state index in [2.05, 4.69) is 0 Å². The number of fused-ring (bicyclic) bond motifs is 1. The fourth-order valence-electron chi connectivity index (χ4n) is 3.28. The topological polar surface area (TPSA) is 96.6 Å². The molecule has 0 aromatic heterocycles. The van der Waals surface area contributed by atoms with Crippen LogP contribution in [-0.4, -0.2) is 39.4 Å². The number of halogens is 3. The number of aliphatic hydroxyl groups excluding tert-OH is 1. The molecule has 0 amide bonds. The second-order valence-corrected chi connectivity index (χ2v) is 8.82. The lowest BCUT2D eigenvalue weighted by Gasteiger charge is -2.35. The Morgan fingerprint density at radius 1 is 1.24 bits per heavy atom. The van der Waals surface area contributed by atoms with Crippen molar-refractivity contribution in [1.29, 1.82) is 5.26 Å². The molecule has 0 fully saturated rings. The molecule has 1 aliphatic rings. The van der Waals surface area contributed by atoms with E-state index in [4.69, 9.17) is 26.2 Å². The molecule has 2 aromatic rings. The monoisotopic (exact) mass is 443 g/mol. The highest BCUT2D eigenvalue weighted by molar-refractivity contribution is 7.91. The summed E-state index contributed by atoms with van der Waals surface area (Å²) in [5, 5.41) is 17.1. The molecule has 3 rings (SSSR count). The zero-order valence-corrected chi connectivity index (χ0v) is 16.5. The lowest BCUT2D eigenvalue weighted by Crippen LogP contribution is -2.40. The second-order valence-electron chi connectivity index (χ2n) is 6.31. The van der Waals surface area contributed by atoms with Gasteiger partial charge in [-0.2, -0.15) is 5.26 Å². The molecule has 1 N–H and O–H groups in total. The van der Waals surface area contributed by atoms with E-state index in [1.54, 1.807) is 0 Å². The van der Waals surface area contributed by atoms with Crippen LogP contribution < -0.4 is 4.74 Å². The lowest BCUT2D eigenvalue weighted by atomic mass is 9.91. The number of nitrogens with zero attached hydrogens (tertiary/aromatic N) is 1. The molecule has 0 unspecified atom stereocenters. The van der Waals surface area contributed by atoms with Crippen LogP contribution in [0, 0.1) is 28.9 Å². The third kappa shape index (κ3) is 4.07. The highest BCUT2D eigenvalue weighted by Gasteiger charge is 2.47. The summed E-state index contributed by atoms with van der Waals surface area (Å²) < 4.78 is 66.4. The zero-order chi connectivity index (χ0) is 21.2. The molecule has 0 spiro atoms. The maximum Gasteiger partial charge on any atom is 0.186 e. The second kappa shape index (κ2) is 8.63. The van der Waals surface area contributed by atoms with Gasteiger partial charge >= 0.3 is 0 Å². The van der Waals surface area contributed by atoms with Gasteiger partial charge in [-0.25, -0.2) is 17.2 Å². The summed E-state index contributed by atoms with van der Waals surface area (Å²) in [6, 6.07) is 8.67. The van der Waals surface area contributed by atoms with E-state index < -0.39 is 63.3 Å². The minimum Gasteiger partial charge on any atom is -0.490 e. The highest BCUT2D eigenvalue weighted by atomic mass is 35.5. The average molecular weight is 444 g/mol. The van der Waals surface area contributed by atoms with Gasteiger partial charge in [0.2, 0.25) is 0 Å². The number of benzene rings is 2. The molecule has 1 aliphatic heterocycles. The van der Waals surface area contributed by atoms with Crippen molar-refractivity contribution in [1.82, 2.24) is 0 Å². The van der Waals surface area contributed by atoms with Crippen molar-refractivity contribution >= 4 is 21.4 Å². The summed E-state index contributed by atoms with van der Waals surface area (Å²) >= 11 is 5.82. The maximum atomic E-state index is 14.7. The number of nitriles is 1. The number of hydrogen-bond acceptors (Lipinski definition) is 6. The lowest BCUT2D eigenvalue weighted by molar-refractivity contribution is 0.00629. The van der Waals surface area contributed by atoms with Gasteiger partial charge in [-0.05, 0) is 36.4 Å². The van der Waals surface area contributed by atoms with Crippen molar-refractivity contribution in [3.05, 3.63) is 58.6 Å². The number of sulfone groups is 1. The molecule has 0 saturated carbocycles. The Morgan fingerprint density at radius 3 is 2.52 bits per heavy atom. The molecule has 0 bridgehead atoms. The summed E-state index contributed by atoms with van der Waals surface area (Å²) in [6.45, 7) is -1.03. The fraction of sp³-hybridized carbons (Fsp3) is 0.316. The fourth-order valence-corrected chi connectivity index (χ4v) is 5.43. The summed E-state index contributed by atoms with van der Waals surface area (Å²) in [4.78, 5) is -0.174. The van der Waals surface area contributed by atoms with E-state index in [0.717, 1.165) is 12.1 Å². The first-order chi connectivity index (χ1) is 13.8. The number of hydrogen-bond donors (Lipinski definition) is 1. The molecule has 0 aliphatic carbocycles. The Hall–Kier alpha value is -2.25. The van der Waals surface area contributed by atoms with Crippen molar-refractivity contribution < 1.29 is 31.8 Å². The Morgan fingerprint density at radius 2 is 1.90 bits per heavy atom. The van der Waals surface area contributed by atoms with Gasteiger partial charge in [0.1, 0.15) is 11.1 Å². The Kier molecular flexibility index (Phi) is 6.39. The molecular weight excluding hydrogens is 428 g/mol. The SMILES string of the molecule is N#C[C@H](OCCO)[C@@H]1COc2c(F)ccc(F)c2[C@H]1S(=O)(=O)c1ccc(Cl)cc1. The minimum atomic E-state index is -4.30. The zero-order valence-electron chi connectivity index (χ0n) is 14.9. The molecule has 154 valence electrons. The smallest absolute Gasteiger partial charge is 0.186 e. The third-order valence-corrected chi connectivity index (χ3v) is 7.00.